The second kappa shape index (κ2) is 5.81. The summed E-state index contributed by atoms with van der Waals surface area (Å²) in [6.07, 6.45) is 0. The number of aromatic nitrogens is 1. The number of nitrogens with zero attached hydrogens (tertiary/aromatic N) is 1. The number of aliphatic hydroxyl groups is 1. The number of hydrogen-bond donors (Lipinski definition) is 3. The maximum Gasteiger partial charge on any atom is 0.315 e. The third-order valence-electron chi connectivity index (χ3n) is 2.12. The number of aryl methyl sites for hydroxylation is 2. The average molecular weight is 243 g/mol. The Hall–Kier alpha value is -1.14. The van der Waals surface area contributed by atoms with Crippen LogP contribution in [0.25, 0.3) is 0 Å². The van der Waals surface area contributed by atoms with Gasteiger partial charge in [-0.1, -0.05) is 0 Å². The highest BCUT2D eigenvalue weighted by Crippen LogP contribution is 2.15. The van der Waals surface area contributed by atoms with Crippen LogP contribution in [0, 0.1) is 13.8 Å². The highest BCUT2D eigenvalue weighted by molar-refractivity contribution is 7.11. The third kappa shape index (κ3) is 3.79. The molecule has 0 aliphatic heterocycles. The predicted octanol–water partition coefficient (Wildman–Crippen LogP) is 0.940. The molecule has 1 aromatic heterocycles. The van der Waals surface area contributed by atoms with E-state index in [0.29, 0.717) is 6.54 Å². The zero-order valence-electron chi connectivity index (χ0n) is 9.70. The molecule has 0 spiro atoms. The van der Waals surface area contributed by atoms with Crippen molar-refractivity contribution in [3.05, 3.63) is 15.6 Å². The minimum Gasteiger partial charge on any atom is -0.394 e. The van der Waals surface area contributed by atoms with Crippen molar-refractivity contribution in [2.45, 2.75) is 33.4 Å². The van der Waals surface area contributed by atoms with Crippen molar-refractivity contribution in [2.24, 2.45) is 0 Å². The van der Waals surface area contributed by atoms with E-state index in [0.717, 1.165) is 10.7 Å². The molecule has 6 heteroatoms. The Morgan fingerprint density at radius 3 is 2.75 bits per heavy atom. The zero-order chi connectivity index (χ0) is 12.1. The predicted molar refractivity (Wildman–Crippen MR) is 63.5 cm³/mol. The maximum atomic E-state index is 11.3. The van der Waals surface area contributed by atoms with Crippen LogP contribution in [0.4, 0.5) is 4.79 Å². The molecule has 0 radical (unpaired) electrons. The van der Waals surface area contributed by atoms with Crippen LogP contribution in [-0.4, -0.2) is 28.8 Å². The molecule has 0 saturated heterocycles. The van der Waals surface area contributed by atoms with Crippen molar-refractivity contribution in [3.63, 3.8) is 0 Å². The minimum atomic E-state index is -0.285. The summed E-state index contributed by atoms with van der Waals surface area (Å²) >= 11 is 1.58. The molecule has 16 heavy (non-hydrogen) atoms. The smallest absolute Gasteiger partial charge is 0.315 e. The van der Waals surface area contributed by atoms with Crippen LogP contribution in [0.1, 0.15) is 22.5 Å². The van der Waals surface area contributed by atoms with Gasteiger partial charge in [0.05, 0.1) is 24.9 Å². The third-order valence-corrected chi connectivity index (χ3v) is 3.20. The van der Waals surface area contributed by atoms with Gasteiger partial charge in [-0.15, -0.1) is 11.3 Å². The van der Waals surface area contributed by atoms with Gasteiger partial charge in [0.25, 0.3) is 0 Å². The normalized spacial score (nSPS) is 12.2. The van der Waals surface area contributed by atoms with E-state index in [4.69, 9.17) is 5.11 Å². The molecule has 0 aromatic carbocycles. The molecule has 0 bridgehead atoms. The number of aliphatic hydroxyl groups excluding tert-OH is 1. The number of nitrogens with one attached hydrogen (secondary N) is 2. The molecule has 0 aliphatic rings. The highest BCUT2D eigenvalue weighted by atomic mass is 32.1. The summed E-state index contributed by atoms with van der Waals surface area (Å²) in [7, 11) is 0. The van der Waals surface area contributed by atoms with E-state index in [-0.39, 0.29) is 18.7 Å². The van der Waals surface area contributed by atoms with E-state index in [1.807, 2.05) is 13.8 Å². The van der Waals surface area contributed by atoms with E-state index in [9.17, 15) is 4.79 Å². The summed E-state index contributed by atoms with van der Waals surface area (Å²) in [4.78, 5) is 16.8. The lowest BCUT2D eigenvalue weighted by Gasteiger charge is -2.10. The summed E-state index contributed by atoms with van der Waals surface area (Å²) in [5, 5.41) is 14.9. The van der Waals surface area contributed by atoms with Gasteiger partial charge in [-0.3, -0.25) is 0 Å². The minimum absolute atomic E-state index is 0.0666. The standard InChI is InChI=1S/C10H17N3O2S/c1-6(5-14)12-10(15)11-4-9-13-7(2)8(3)16-9/h6,14H,4-5H2,1-3H3,(H2,11,12,15). The van der Waals surface area contributed by atoms with Gasteiger partial charge in [-0.2, -0.15) is 0 Å². The molecule has 0 fully saturated rings. The molecule has 1 unspecified atom stereocenters. The average Bonchev–Trinajstić information content (AvgIpc) is 2.55. The van der Waals surface area contributed by atoms with Crippen molar-refractivity contribution >= 4 is 17.4 Å². The van der Waals surface area contributed by atoms with Crippen molar-refractivity contribution in [1.82, 2.24) is 15.6 Å². The van der Waals surface area contributed by atoms with E-state index in [1.54, 1.807) is 18.3 Å². The number of rotatable bonds is 4. The summed E-state index contributed by atoms with van der Waals surface area (Å²) in [5.74, 6) is 0. The van der Waals surface area contributed by atoms with Crippen LogP contribution in [0.2, 0.25) is 0 Å². The van der Waals surface area contributed by atoms with Gasteiger partial charge in [0, 0.05) is 4.88 Å². The number of carbonyl (C=O) groups is 1. The topological polar surface area (TPSA) is 74.2 Å². The number of hydrogen-bond acceptors (Lipinski definition) is 4. The van der Waals surface area contributed by atoms with Gasteiger partial charge in [0.1, 0.15) is 5.01 Å². The summed E-state index contributed by atoms with van der Waals surface area (Å²) in [6.45, 7) is 6.04. The van der Waals surface area contributed by atoms with Gasteiger partial charge >= 0.3 is 6.03 Å². The first-order valence-electron chi connectivity index (χ1n) is 5.11. The Morgan fingerprint density at radius 2 is 2.25 bits per heavy atom. The molecule has 0 aliphatic carbocycles. The molecule has 90 valence electrons. The summed E-state index contributed by atoms with van der Waals surface area (Å²) in [5.41, 5.74) is 1.01. The molecular formula is C10H17N3O2S. The zero-order valence-corrected chi connectivity index (χ0v) is 10.5. The Morgan fingerprint density at radius 1 is 1.56 bits per heavy atom. The first-order valence-corrected chi connectivity index (χ1v) is 5.92. The van der Waals surface area contributed by atoms with Crippen molar-refractivity contribution in [2.75, 3.05) is 6.61 Å². The molecule has 1 aromatic rings. The van der Waals surface area contributed by atoms with Gasteiger partial charge in [-0.25, -0.2) is 9.78 Å². The van der Waals surface area contributed by atoms with E-state index < -0.39 is 0 Å². The molecule has 2 amide bonds. The van der Waals surface area contributed by atoms with Crippen molar-refractivity contribution in [1.29, 1.82) is 0 Å². The summed E-state index contributed by atoms with van der Waals surface area (Å²) < 4.78 is 0. The highest BCUT2D eigenvalue weighted by Gasteiger charge is 2.07. The molecule has 0 saturated carbocycles. The summed E-state index contributed by atoms with van der Waals surface area (Å²) in [6, 6.07) is -0.521. The van der Waals surface area contributed by atoms with Crippen LogP contribution in [0.15, 0.2) is 0 Å². The molecular weight excluding hydrogens is 226 g/mol. The fourth-order valence-electron chi connectivity index (χ4n) is 1.09. The monoisotopic (exact) mass is 243 g/mol. The first-order chi connectivity index (χ1) is 7.52. The number of urea groups is 1. The maximum absolute atomic E-state index is 11.3. The molecule has 1 atom stereocenters. The first kappa shape index (κ1) is 12.9. The fraction of sp³-hybridized carbons (Fsp3) is 0.600. The lowest BCUT2D eigenvalue weighted by Crippen LogP contribution is -2.41. The van der Waals surface area contributed by atoms with Crippen LogP contribution in [0.3, 0.4) is 0 Å². The van der Waals surface area contributed by atoms with Crippen LogP contribution >= 0.6 is 11.3 Å². The number of carbonyl (C=O) groups excluding carboxylic acids is 1. The largest absolute Gasteiger partial charge is 0.394 e. The molecule has 1 heterocycles. The van der Waals surface area contributed by atoms with Crippen molar-refractivity contribution < 1.29 is 9.90 Å². The Kier molecular flexibility index (Phi) is 4.70. The lowest BCUT2D eigenvalue weighted by atomic mass is 10.4. The second-order valence-corrected chi connectivity index (χ2v) is 4.95. The fourth-order valence-corrected chi connectivity index (χ4v) is 1.96. The van der Waals surface area contributed by atoms with E-state index in [2.05, 4.69) is 15.6 Å². The van der Waals surface area contributed by atoms with Crippen molar-refractivity contribution in [3.8, 4) is 0 Å². The second-order valence-electron chi connectivity index (χ2n) is 3.66. The molecule has 1 rings (SSSR count). The number of thiazole rings is 1. The Labute approximate surface area is 98.9 Å². The van der Waals surface area contributed by atoms with Crippen LogP contribution < -0.4 is 10.6 Å². The SMILES string of the molecule is Cc1nc(CNC(=O)NC(C)CO)sc1C. The lowest BCUT2D eigenvalue weighted by molar-refractivity contribution is 0.220. The van der Waals surface area contributed by atoms with Gasteiger partial charge in [0.2, 0.25) is 0 Å². The molecule has 5 nitrogen and oxygen atoms in total. The van der Waals surface area contributed by atoms with Crippen LogP contribution in [-0.2, 0) is 6.54 Å². The Balaban J connectivity index is 2.37. The van der Waals surface area contributed by atoms with Gasteiger partial charge < -0.3 is 15.7 Å². The van der Waals surface area contributed by atoms with E-state index >= 15 is 0 Å². The van der Waals surface area contributed by atoms with Crippen LogP contribution in [0.5, 0.6) is 0 Å². The Bertz CT molecular complexity index is 345. The number of amides is 2. The van der Waals surface area contributed by atoms with Gasteiger partial charge in [-0.05, 0) is 20.8 Å². The molecule has 3 N–H and O–H groups in total. The van der Waals surface area contributed by atoms with E-state index in [1.165, 1.54) is 4.88 Å². The quantitative estimate of drug-likeness (QED) is 0.737. The van der Waals surface area contributed by atoms with Gasteiger partial charge in [0.15, 0.2) is 0 Å².